The van der Waals surface area contributed by atoms with Crippen LogP contribution in [0.1, 0.15) is 13.8 Å². The van der Waals surface area contributed by atoms with Crippen LogP contribution < -0.4 is 16.1 Å². The second kappa shape index (κ2) is 5.25. The van der Waals surface area contributed by atoms with E-state index < -0.39 is 5.97 Å². The second-order valence-electron chi connectivity index (χ2n) is 3.13. The molecule has 5 heteroatoms. The minimum absolute atomic E-state index is 0.118. The third-order valence-electron chi connectivity index (χ3n) is 2.19. The van der Waals surface area contributed by atoms with E-state index in [2.05, 4.69) is 9.72 Å². The van der Waals surface area contributed by atoms with Gasteiger partial charge < -0.3 is 4.74 Å². The number of rotatable bonds is 2. The van der Waals surface area contributed by atoms with E-state index >= 15 is 0 Å². The van der Waals surface area contributed by atoms with Gasteiger partial charge >= 0.3 is 5.97 Å². The van der Waals surface area contributed by atoms with Crippen molar-refractivity contribution in [3.05, 3.63) is 27.2 Å². The molecule has 0 aliphatic heterocycles. The van der Waals surface area contributed by atoms with Crippen LogP contribution in [0.2, 0.25) is 0 Å². The smallest absolute Gasteiger partial charge is 0.325 e. The topological polar surface area (TPSA) is 61.2 Å². The van der Waals surface area contributed by atoms with E-state index in [1.54, 1.807) is 26.0 Å². The van der Waals surface area contributed by atoms with Crippen LogP contribution in [-0.4, -0.2) is 22.6 Å². The Morgan fingerprint density at radius 1 is 1.50 bits per heavy atom. The summed E-state index contributed by atoms with van der Waals surface area (Å²) < 4.78 is 5.73. The van der Waals surface area contributed by atoms with Crippen molar-refractivity contribution in [3.8, 4) is 0 Å². The van der Waals surface area contributed by atoms with Gasteiger partial charge in [-0.15, -0.1) is 0 Å². The van der Waals surface area contributed by atoms with Gasteiger partial charge in [0.1, 0.15) is 6.54 Å². The molecule has 0 amide bonds. The molecule has 86 valence electrons. The van der Waals surface area contributed by atoms with Gasteiger partial charge in [0, 0.05) is 0 Å². The quantitative estimate of drug-likeness (QED) is 0.603. The Morgan fingerprint density at radius 3 is 2.69 bits per heavy atom. The zero-order valence-electron chi connectivity index (χ0n) is 9.56. The van der Waals surface area contributed by atoms with E-state index in [9.17, 15) is 9.59 Å². The Morgan fingerprint density at radius 2 is 2.19 bits per heavy atom. The van der Waals surface area contributed by atoms with Gasteiger partial charge in [-0.2, -0.15) is 0 Å². The Kier molecular flexibility index (Phi) is 3.99. The second-order valence-corrected chi connectivity index (χ2v) is 3.13. The normalized spacial score (nSPS) is 12.9. The van der Waals surface area contributed by atoms with Gasteiger partial charge in [0.05, 0.1) is 24.0 Å². The van der Waals surface area contributed by atoms with Gasteiger partial charge in [0.15, 0.2) is 0 Å². The lowest BCUT2D eigenvalue weighted by molar-refractivity contribution is -0.141. The highest BCUT2D eigenvalue weighted by molar-refractivity contribution is 5.68. The summed E-state index contributed by atoms with van der Waals surface area (Å²) in [4.78, 5) is 27.0. The molecule has 1 rings (SSSR count). The summed E-state index contributed by atoms with van der Waals surface area (Å²) in [7, 11) is 1.28. The highest BCUT2D eigenvalue weighted by Gasteiger charge is 2.05. The zero-order valence-corrected chi connectivity index (χ0v) is 9.56. The molecule has 0 aromatic carbocycles. The average molecular weight is 222 g/mol. The molecule has 0 saturated heterocycles. The lowest BCUT2D eigenvalue weighted by Crippen LogP contribution is -2.46. The standard InChI is InChI=1S/C11H14N2O3/c1-4-8-9(5-2)12-7-13(11(8)15)6-10(14)16-3/h4-5,7H,6H2,1-3H3. The van der Waals surface area contributed by atoms with Gasteiger partial charge in [0.2, 0.25) is 0 Å². The average Bonchev–Trinajstić information content (AvgIpc) is 2.31. The predicted molar refractivity (Wildman–Crippen MR) is 60.0 cm³/mol. The molecular weight excluding hydrogens is 208 g/mol. The van der Waals surface area contributed by atoms with E-state index in [4.69, 9.17) is 0 Å². The molecule has 0 fully saturated rings. The Balaban J connectivity index is 3.38. The summed E-state index contributed by atoms with van der Waals surface area (Å²) in [6.45, 7) is 3.44. The largest absolute Gasteiger partial charge is 0.468 e. The van der Waals surface area contributed by atoms with Crippen LogP contribution in [0, 0.1) is 0 Å². The van der Waals surface area contributed by atoms with E-state index in [0.717, 1.165) is 0 Å². The summed E-state index contributed by atoms with van der Waals surface area (Å²) in [6, 6.07) is 0. The number of methoxy groups -OCH3 is 1. The number of hydrogen-bond donors (Lipinski definition) is 0. The molecule has 1 heterocycles. The fraction of sp³-hybridized carbons (Fsp3) is 0.364. The molecule has 1 aromatic heterocycles. The molecule has 0 N–H and O–H groups in total. The number of ether oxygens (including phenoxy) is 1. The van der Waals surface area contributed by atoms with Crippen molar-refractivity contribution < 1.29 is 9.53 Å². The van der Waals surface area contributed by atoms with Crippen LogP contribution in [0.25, 0.3) is 12.2 Å². The van der Waals surface area contributed by atoms with Gasteiger partial charge in [-0.25, -0.2) is 4.98 Å². The Hall–Kier alpha value is -1.91. The van der Waals surface area contributed by atoms with E-state index in [-0.39, 0.29) is 12.1 Å². The summed E-state index contributed by atoms with van der Waals surface area (Å²) >= 11 is 0. The molecule has 1 aromatic rings. The third-order valence-corrected chi connectivity index (χ3v) is 2.19. The lowest BCUT2D eigenvalue weighted by Gasteiger charge is -2.02. The predicted octanol–water partition coefficient (Wildman–Crippen LogP) is -0.983. The minimum atomic E-state index is -0.473. The maximum atomic E-state index is 11.9. The first-order valence-electron chi connectivity index (χ1n) is 4.89. The van der Waals surface area contributed by atoms with Crippen molar-refractivity contribution in [2.75, 3.05) is 7.11 Å². The molecule has 5 nitrogen and oxygen atoms in total. The summed E-state index contributed by atoms with van der Waals surface area (Å²) in [6.07, 6.45) is 4.78. The number of carbonyl (C=O) groups is 1. The molecule has 0 aliphatic rings. The summed E-state index contributed by atoms with van der Waals surface area (Å²) in [5.74, 6) is -0.473. The molecule has 0 spiro atoms. The number of hydrogen-bond acceptors (Lipinski definition) is 4. The van der Waals surface area contributed by atoms with Crippen molar-refractivity contribution >= 4 is 18.1 Å². The molecule has 0 aliphatic carbocycles. The van der Waals surface area contributed by atoms with E-state index in [0.29, 0.717) is 10.6 Å². The minimum Gasteiger partial charge on any atom is -0.468 e. The van der Waals surface area contributed by atoms with Gasteiger partial charge in [0.25, 0.3) is 5.56 Å². The maximum absolute atomic E-state index is 11.9. The van der Waals surface area contributed by atoms with Crippen LogP contribution in [0.4, 0.5) is 0 Å². The third kappa shape index (κ3) is 2.36. The highest BCUT2D eigenvalue weighted by atomic mass is 16.5. The van der Waals surface area contributed by atoms with Crippen LogP contribution in [0.15, 0.2) is 11.1 Å². The van der Waals surface area contributed by atoms with Crippen LogP contribution in [0.5, 0.6) is 0 Å². The summed E-state index contributed by atoms with van der Waals surface area (Å²) in [5, 5.41) is 1.11. The highest BCUT2D eigenvalue weighted by Crippen LogP contribution is 1.78. The lowest BCUT2D eigenvalue weighted by atomic mass is 10.3. The van der Waals surface area contributed by atoms with Gasteiger partial charge in [-0.3, -0.25) is 14.2 Å². The van der Waals surface area contributed by atoms with E-state index in [1.165, 1.54) is 18.0 Å². The molecule has 0 saturated carbocycles. The molecule has 0 bridgehead atoms. The molecular formula is C11H14N2O3. The first-order chi connectivity index (χ1) is 7.63. The van der Waals surface area contributed by atoms with Crippen molar-refractivity contribution in [1.29, 1.82) is 0 Å². The number of nitrogens with zero attached hydrogens (tertiary/aromatic N) is 2. The van der Waals surface area contributed by atoms with Gasteiger partial charge in [-0.1, -0.05) is 12.2 Å². The van der Waals surface area contributed by atoms with E-state index in [1.807, 2.05) is 0 Å². The fourth-order valence-electron chi connectivity index (χ4n) is 1.34. The van der Waals surface area contributed by atoms with Crippen molar-refractivity contribution in [2.45, 2.75) is 20.4 Å². The fourth-order valence-corrected chi connectivity index (χ4v) is 1.34. The van der Waals surface area contributed by atoms with Crippen LogP contribution >= 0.6 is 0 Å². The summed E-state index contributed by atoms with van der Waals surface area (Å²) in [5.41, 5.74) is -0.240. The maximum Gasteiger partial charge on any atom is 0.325 e. The van der Waals surface area contributed by atoms with Crippen LogP contribution in [0.3, 0.4) is 0 Å². The number of carbonyl (C=O) groups excluding carboxylic acids is 1. The molecule has 16 heavy (non-hydrogen) atoms. The Labute approximate surface area is 92.7 Å². The first kappa shape index (κ1) is 12.2. The molecule has 0 unspecified atom stereocenters. The van der Waals surface area contributed by atoms with Gasteiger partial charge in [-0.05, 0) is 13.8 Å². The van der Waals surface area contributed by atoms with Crippen molar-refractivity contribution in [2.24, 2.45) is 0 Å². The van der Waals surface area contributed by atoms with Crippen molar-refractivity contribution in [1.82, 2.24) is 9.55 Å². The SMILES string of the molecule is CC=c1ncn(CC(=O)OC)c(=O)c1=CC. The number of esters is 1. The molecule has 0 atom stereocenters. The van der Waals surface area contributed by atoms with Crippen molar-refractivity contribution in [3.63, 3.8) is 0 Å². The molecule has 0 radical (unpaired) electrons. The number of aromatic nitrogens is 2. The van der Waals surface area contributed by atoms with Crippen LogP contribution in [-0.2, 0) is 16.1 Å². The zero-order chi connectivity index (χ0) is 12.1. The Bertz CT molecular complexity index is 558. The monoisotopic (exact) mass is 222 g/mol. The first-order valence-corrected chi connectivity index (χ1v) is 4.89.